The fourth-order valence-corrected chi connectivity index (χ4v) is 1.89. The summed E-state index contributed by atoms with van der Waals surface area (Å²) in [6, 6.07) is -0.475. The van der Waals surface area contributed by atoms with E-state index in [4.69, 9.17) is 5.73 Å². The number of nitrogens with one attached hydrogen (secondary N) is 2. The molecule has 0 aliphatic rings. The third kappa shape index (κ3) is 5.16. The first kappa shape index (κ1) is 15.3. The number of urea groups is 1. The number of thioether (sulfide) groups is 1. The van der Waals surface area contributed by atoms with Gasteiger partial charge in [-0.3, -0.25) is 14.7 Å². The molecule has 106 valence electrons. The summed E-state index contributed by atoms with van der Waals surface area (Å²) in [5, 5.41) is 12.8. The number of aromatic nitrogens is 3. The highest BCUT2D eigenvalue weighted by atomic mass is 32.2. The van der Waals surface area contributed by atoms with Gasteiger partial charge in [0.05, 0.1) is 5.75 Å². The Balaban J connectivity index is 2.28. The van der Waals surface area contributed by atoms with E-state index in [9.17, 15) is 9.59 Å². The van der Waals surface area contributed by atoms with Crippen LogP contribution in [0.2, 0.25) is 0 Å². The van der Waals surface area contributed by atoms with Crippen molar-refractivity contribution in [3.63, 3.8) is 0 Å². The highest BCUT2D eigenvalue weighted by Crippen LogP contribution is 2.15. The van der Waals surface area contributed by atoms with Gasteiger partial charge in [-0.2, -0.15) is 0 Å². The van der Waals surface area contributed by atoms with Crippen molar-refractivity contribution in [3.05, 3.63) is 0 Å². The maximum atomic E-state index is 11.5. The van der Waals surface area contributed by atoms with Crippen molar-refractivity contribution in [3.8, 4) is 0 Å². The van der Waals surface area contributed by atoms with E-state index in [2.05, 4.69) is 20.8 Å². The predicted molar refractivity (Wildman–Crippen MR) is 72.6 cm³/mol. The highest BCUT2D eigenvalue weighted by Gasteiger charge is 2.11. The van der Waals surface area contributed by atoms with Crippen molar-refractivity contribution in [2.24, 2.45) is 7.05 Å². The van der Waals surface area contributed by atoms with Gasteiger partial charge in [-0.15, -0.1) is 10.2 Å². The Morgan fingerprint density at radius 2 is 2.16 bits per heavy atom. The Labute approximate surface area is 115 Å². The van der Waals surface area contributed by atoms with Gasteiger partial charge >= 0.3 is 6.03 Å². The lowest BCUT2D eigenvalue weighted by Crippen LogP contribution is -2.40. The van der Waals surface area contributed by atoms with Gasteiger partial charge in [-0.25, -0.2) is 4.79 Å². The zero-order valence-corrected chi connectivity index (χ0v) is 11.8. The van der Waals surface area contributed by atoms with Gasteiger partial charge in [0.2, 0.25) is 11.9 Å². The molecule has 1 rings (SSSR count). The maximum Gasteiger partial charge on any atom is 0.321 e. The minimum Gasteiger partial charge on any atom is -0.368 e. The van der Waals surface area contributed by atoms with Crippen LogP contribution >= 0.6 is 11.8 Å². The summed E-state index contributed by atoms with van der Waals surface area (Å²) >= 11 is 1.16. The molecule has 19 heavy (non-hydrogen) atoms. The fraction of sp³-hybridized carbons (Fsp3) is 0.600. The topological polar surface area (TPSA) is 115 Å². The second kappa shape index (κ2) is 7.62. The molecule has 0 aliphatic carbocycles. The predicted octanol–water partition coefficient (Wildman–Crippen LogP) is 0.115. The van der Waals surface area contributed by atoms with Crippen molar-refractivity contribution in [2.75, 3.05) is 18.0 Å². The van der Waals surface area contributed by atoms with Gasteiger partial charge < -0.3 is 11.1 Å². The molecule has 0 aliphatic heterocycles. The lowest BCUT2D eigenvalue weighted by molar-refractivity contribution is -0.117. The van der Waals surface area contributed by atoms with E-state index < -0.39 is 6.03 Å². The summed E-state index contributed by atoms with van der Waals surface area (Å²) in [5.74, 6) is -0.0338. The van der Waals surface area contributed by atoms with Crippen molar-refractivity contribution in [2.45, 2.75) is 24.9 Å². The fourth-order valence-electron chi connectivity index (χ4n) is 1.17. The molecule has 9 heteroatoms. The van der Waals surface area contributed by atoms with Crippen molar-refractivity contribution >= 4 is 29.6 Å². The molecule has 0 aromatic carbocycles. The molecule has 0 bridgehead atoms. The van der Waals surface area contributed by atoms with Gasteiger partial charge in [-0.05, 0) is 6.42 Å². The molecule has 8 nitrogen and oxygen atoms in total. The number of unbranched alkanes of at least 4 members (excludes halogenated alkanes) is 1. The highest BCUT2D eigenvalue weighted by molar-refractivity contribution is 7.99. The van der Waals surface area contributed by atoms with Crippen molar-refractivity contribution in [1.29, 1.82) is 0 Å². The van der Waals surface area contributed by atoms with E-state index in [0.29, 0.717) is 11.7 Å². The molecular formula is C10H18N6O2S. The quantitative estimate of drug-likeness (QED) is 0.505. The molecule has 0 spiro atoms. The van der Waals surface area contributed by atoms with Crippen LogP contribution < -0.4 is 16.4 Å². The van der Waals surface area contributed by atoms with Gasteiger partial charge in [0.15, 0.2) is 5.16 Å². The van der Waals surface area contributed by atoms with Crippen LogP contribution in [-0.4, -0.2) is 39.0 Å². The van der Waals surface area contributed by atoms with E-state index in [1.807, 2.05) is 6.92 Å². The number of rotatable bonds is 6. The van der Waals surface area contributed by atoms with Crippen LogP contribution in [0.1, 0.15) is 19.8 Å². The number of hydrogen-bond donors (Lipinski definition) is 3. The first-order valence-corrected chi connectivity index (χ1v) is 6.88. The van der Waals surface area contributed by atoms with Crippen LogP contribution in [-0.2, 0) is 11.8 Å². The lowest BCUT2D eigenvalue weighted by atomic mass is 10.3. The molecule has 4 N–H and O–H groups in total. The number of carbonyl (C=O) groups is 2. The molecule has 1 heterocycles. The van der Waals surface area contributed by atoms with E-state index in [0.717, 1.165) is 24.6 Å². The zero-order chi connectivity index (χ0) is 14.3. The van der Waals surface area contributed by atoms with Crippen LogP contribution in [0, 0.1) is 0 Å². The number of anilines is 1. The van der Waals surface area contributed by atoms with Crippen LogP contribution in [0.5, 0.6) is 0 Å². The summed E-state index contributed by atoms with van der Waals surface area (Å²) in [4.78, 5) is 22.8. The Hall–Kier alpha value is -1.77. The third-order valence-electron chi connectivity index (χ3n) is 2.27. The Morgan fingerprint density at radius 1 is 1.42 bits per heavy atom. The average Bonchev–Trinajstić information content (AvgIpc) is 2.68. The zero-order valence-electron chi connectivity index (χ0n) is 11.0. The number of hydrogen-bond acceptors (Lipinski definition) is 6. The van der Waals surface area contributed by atoms with E-state index in [1.165, 1.54) is 0 Å². The summed E-state index contributed by atoms with van der Waals surface area (Å²) in [5.41, 5.74) is 5.51. The SMILES string of the molecule is CCCCNC(=O)NC(=O)CSc1nnc(N)n1C. The molecule has 0 fully saturated rings. The maximum absolute atomic E-state index is 11.5. The van der Waals surface area contributed by atoms with Crippen LogP contribution in [0.3, 0.4) is 0 Å². The molecule has 1 aromatic rings. The minimum absolute atomic E-state index is 0.0766. The number of amides is 3. The van der Waals surface area contributed by atoms with Gasteiger partial charge in [0.25, 0.3) is 0 Å². The summed E-state index contributed by atoms with van der Waals surface area (Å²) < 4.78 is 1.57. The smallest absolute Gasteiger partial charge is 0.321 e. The molecule has 0 saturated carbocycles. The second-order valence-corrected chi connectivity index (χ2v) is 4.79. The first-order valence-electron chi connectivity index (χ1n) is 5.90. The Kier molecular flexibility index (Phi) is 6.13. The number of nitrogen functional groups attached to an aromatic ring is 1. The molecular weight excluding hydrogens is 268 g/mol. The van der Waals surface area contributed by atoms with Crippen LogP contribution in [0.25, 0.3) is 0 Å². The van der Waals surface area contributed by atoms with Gasteiger partial charge in [0.1, 0.15) is 0 Å². The Morgan fingerprint density at radius 3 is 2.74 bits per heavy atom. The number of imide groups is 1. The minimum atomic E-state index is -0.475. The van der Waals surface area contributed by atoms with Gasteiger partial charge in [0, 0.05) is 13.6 Å². The van der Waals surface area contributed by atoms with E-state index in [-0.39, 0.29) is 17.6 Å². The van der Waals surface area contributed by atoms with Crippen LogP contribution in [0.15, 0.2) is 5.16 Å². The molecule has 0 atom stereocenters. The van der Waals surface area contributed by atoms with E-state index in [1.54, 1.807) is 11.6 Å². The van der Waals surface area contributed by atoms with Gasteiger partial charge in [-0.1, -0.05) is 25.1 Å². The van der Waals surface area contributed by atoms with Crippen molar-refractivity contribution < 1.29 is 9.59 Å². The van der Waals surface area contributed by atoms with Crippen molar-refractivity contribution in [1.82, 2.24) is 25.4 Å². The number of nitrogens with two attached hydrogens (primary N) is 1. The second-order valence-electron chi connectivity index (χ2n) is 3.85. The standard InChI is InChI=1S/C10H18N6O2S/c1-3-4-5-12-9(18)13-7(17)6-19-10-15-14-8(11)16(10)2/h3-6H2,1-2H3,(H2,11,14)(H2,12,13,17,18). The average molecular weight is 286 g/mol. The molecule has 0 saturated heterocycles. The summed E-state index contributed by atoms with van der Waals surface area (Å²) in [6.07, 6.45) is 1.87. The normalized spacial score (nSPS) is 10.2. The van der Waals surface area contributed by atoms with Crippen LogP contribution in [0.4, 0.5) is 10.7 Å². The molecule has 3 amide bonds. The monoisotopic (exact) mass is 286 g/mol. The molecule has 0 radical (unpaired) electrons. The Bertz CT molecular complexity index is 447. The molecule has 1 aromatic heterocycles. The van der Waals surface area contributed by atoms with E-state index >= 15 is 0 Å². The third-order valence-corrected chi connectivity index (χ3v) is 3.29. The largest absolute Gasteiger partial charge is 0.368 e. The lowest BCUT2D eigenvalue weighted by Gasteiger charge is -2.05. The number of nitrogens with zero attached hydrogens (tertiary/aromatic N) is 3. The summed E-state index contributed by atoms with van der Waals surface area (Å²) in [6.45, 7) is 2.58. The summed E-state index contributed by atoms with van der Waals surface area (Å²) in [7, 11) is 1.70. The molecule has 0 unspecified atom stereocenters. The number of carbonyl (C=O) groups excluding carboxylic acids is 2. The first-order chi connectivity index (χ1) is 9.04.